The molecule has 0 aliphatic carbocycles. The van der Waals surface area contributed by atoms with E-state index in [0.29, 0.717) is 16.5 Å². The molecule has 0 spiro atoms. The second kappa shape index (κ2) is 11.1. The lowest BCUT2D eigenvalue weighted by atomic mass is 10.1. The number of nitrogens with one attached hydrogen (secondary N) is 1. The van der Waals surface area contributed by atoms with Gasteiger partial charge in [0, 0.05) is 17.1 Å². The molecule has 7 heteroatoms. The summed E-state index contributed by atoms with van der Waals surface area (Å²) >= 11 is 5.99. The molecule has 0 aliphatic heterocycles. The lowest BCUT2D eigenvalue weighted by molar-refractivity contribution is -0.136. The third-order valence-corrected chi connectivity index (χ3v) is 4.91. The summed E-state index contributed by atoms with van der Waals surface area (Å²) in [5.74, 6) is 0.338. The molecule has 0 heterocycles. The van der Waals surface area contributed by atoms with Crippen molar-refractivity contribution in [3.05, 3.63) is 23.2 Å². The van der Waals surface area contributed by atoms with Gasteiger partial charge in [-0.3, -0.25) is 14.5 Å². The Kier molecular flexibility index (Phi) is 9.60. The summed E-state index contributed by atoms with van der Waals surface area (Å²) in [6.45, 7) is 8.54. The van der Waals surface area contributed by atoms with E-state index in [0.717, 1.165) is 12.8 Å². The summed E-state index contributed by atoms with van der Waals surface area (Å²) in [6.07, 6.45) is 1.80. The SMILES string of the molecule is CC[C@@H](C)N(C(=O)CN(C)CC(=O)Nc1cc(Cl)ccc1OC)[C@@H](C)CC. The molecule has 0 bridgehead atoms. The molecule has 0 unspecified atom stereocenters. The lowest BCUT2D eigenvalue weighted by Gasteiger charge is -2.35. The predicted molar refractivity (Wildman–Crippen MR) is 110 cm³/mol. The molecule has 1 N–H and O–H groups in total. The molecule has 0 aliphatic rings. The van der Waals surface area contributed by atoms with Crippen LogP contribution in [0.1, 0.15) is 40.5 Å². The smallest absolute Gasteiger partial charge is 0.238 e. The fraction of sp³-hybridized carbons (Fsp3) is 0.600. The van der Waals surface area contributed by atoms with Crippen molar-refractivity contribution >= 4 is 29.1 Å². The monoisotopic (exact) mass is 397 g/mol. The summed E-state index contributed by atoms with van der Waals surface area (Å²) in [5.41, 5.74) is 0.510. The zero-order valence-corrected chi connectivity index (χ0v) is 18.0. The molecule has 1 aromatic rings. The third kappa shape index (κ3) is 7.03. The number of halogens is 1. The predicted octanol–water partition coefficient (Wildman–Crippen LogP) is 3.64. The average Bonchev–Trinajstić information content (AvgIpc) is 2.61. The number of methoxy groups -OCH3 is 1. The number of ether oxygens (including phenoxy) is 1. The Balaban J connectivity index is 2.70. The van der Waals surface area contributed by atoms with Gasteiger partial charge in [-0.2, -0.15) is 0 Å². The van der Waals surface area contributed by atoms with E-state index in [2.05, 4.69) is 33.0 Å². The van der Waals surface area contributed by atoms with Gasteiger partial charge in [0.1, 0.15) is 5.75 Å². The molecule has 2 atom stereocenters. The van der Waals surface area contributed by atoms with Gasteiger partial charge in [-0.05, 0) is 51.9 Å². The summed E-state index contributed by atoms with van der Waals surface area (Å²) < 4.78 is 5.23. The number of amides is 2. The van der Waals surface area contributed by atoms with Crippen LogP contribution in [0, 0.1) is 0 Å². The van der Waals surface area contributed by atoms with E-state index in [1.165, 1.54) is 7.11 Å². The number of carbonyl (C=O) groups excluding carboxylic acids is 2. The van der Waals surface area contributed by atoms with Crippen LogP contribution in [-0.4, -0.2) is 60.9 Å². The summed E-state index contributed by atoms with van der Waals surface area (Å²) in [6, 6.07) is 5.37. The van der Waals surface area contributed by atoms with E-state index in [1.54, 1.807) is 30.1 Å². The fourth-order valence-electron chi connectivity index (χ4n) is 2.90. The first-order valence-corrected chi connectivity index (χ1v) is 9.74. The number of carbonyl (C=O) groups is 2. The molecule has 0 saturated carbocycles. The minimum atomic E-state index is -0.232. The molecule has 0 radical (unpaired) electrons. The number of anilines is 1. The van der Waals surface area contributed by atoms with Crippen LogP contribution in [0.15, 0.2) is 18.2 Å². The van der Waals surface area contributed by atoms with Crippen LogP contribution in [0.2, 0.25) is 5.02 Å². The second-order valence-electron chi connectivity index (χ2n) is 6.88. The molecule has 2 amide bonds. The molecule has 6 nitrogen and oxygen atoms in total. The fourth-order valence-corrected chi connectivity index (χ4v) is 3.07. The van der Waals surface area contributed by atoms with Crippen molar-refractivity contribution in [2.45, 2.75) is 52.6 Å². The van der Waals surface area contributed by atoms with Gasteiger partial charge < -0.3 is 15.0 Å². The first-order chi connectivity index (χ1) is 12.7. The van der Waals surface area contributed by atoms with Crippen molar-refractivity contribution in [3.63, 3.8) is 0 Å². The van der Waals surface area contributed by atoms with E-state index in [1.807, 2.05) is 4.90 Å². The Labute approximate surface area is 167 Å². The van der Waals surface area contributed by atoms with Crippen LogP contribution in [0.4, 0.5) is 5.69 Å². The molecule has 0 fully saturated rings. The number of hydrogen-bond donors (Lipinski definition) is 1. The van der Waals surface area contributed by atoms with Crippen molar-refractivity contribution in [2.75, 3.05) is 32.6 Å². The third-order valence-electron chi connectivity index (χ3n) is 4.67. The molecule has 152 valence electrons. The van der Waals surface area contributed by atoms with Crippen LogP contribution < -0.4 is 10.1 Å². The van der Waals surface area contributed by atoms with E-state index in [4.69, 9.17) is 16.3 Å². The Hall–Kier alpha value is -1.79. The van der Waals surface area contributed by atoms with Crippen molar-refractivity contribution < 1.29 is 14.3 Å². The van der Waals surface area contributed by atoms with Crippen LogP contribution in [0.5, 0.6) is 5.75 Å². The molecule has 1 rings (SSSR count). The number of benzene rings is 1. The van der Waals surface area contributed by atoms with Gasteiger partial charge in [0.2, 0.25) is 11.8 Å². The number of likely N-dealkylation sites (N-methyl/N-ethyl adjacent to an activating group) is 1. The van der Waals surface area contributed by atoms with Crippen LogP contribution in [-0.2, 0) is 9.59 Å². The zero-order valence-electron chi connectivity index (χ0n) is 17.2. The van der Waals surface area contributed by atoms with E-state index < -0.39 is 0 Å². The Morgan fingerprint density at radius 1 is 1.15 bits per heavy atom. The molecule has 27 heavy (non-hydrogen) atoms. The molecule has 0 aromatic heterocycles. The summed E-state index contributed by atoms with van der Waals surface area (Å²) in [4.78, 5) is 28.8. The van der Waals surface area contributed by atoms with Gasteiger partial charge in [0.25, 0.3) is 0 Å². The van der Waals surface area contributed by atoms with Gasteiger partial charge in [0.15, 0.2) is 0 Å². The second-order valence-corrected chi connectivity index (χ2v) is 7.32. The number of rotatable bonds is 10. The zero-order chi connectivity index (χ0) is 20.6. The van der Waals surface area contributed by atoms with Crippen LogP contribution in [0.3, 0.4) is 0 Å². The normalized spacial score (nSPS) is 13.2. The van der Waals surface area contributed by atoms with E-state index in [-0.39, 0.29) is 37.0 Å². The number of hydrogen-bond acceptors (Lipinski definition) is 4. The summed E-state index contributed by atoms with van der Waals surface area (Å²) in [5, 5.41) is 3.30. The highest BCUT2D eigenvalue weighted by Gasteiger charge is 2.24. The Morgan fingerprint density at radius 2 is 1.74 bits per heavy atom. The van der Waals surface area contributed by atoms with Crippen molar-refractivity contribution in [1.82, 2.24) is 9.80 Å². The first-order valence-electron chi connectivity index (χ1n) is 9.36. The molecule has 0 saturated heterocycles. The minimum Gasteiger partial charge on any atom is -0.495 e. The standard InChI is InChI=1S/C20H32ClN3O3/c1-7-14(3)24(15(4)8-2)20(26)13-23(5)12-19(25)22-17-11-16(21)9-10-18(17)27-6/h9-11,14-15H,7-8,12-13H2,1-6H3,(H,22,25)/t14-,15+. The Morgan fingerprint density at radius 3 is 2.26 bits per heavy atom. The van der Waals surface area contributed by atoms with Gasteiger partial charge in [-0.25, -0.2) is 0 Å². The number of nitrogens with zero attached hydrogens (tertiary/aromatic N) is 2. The van der Waals surface area contributed by atoms with Crippen molar-refractivity contribution in [1.29, 1.82) is 0 Å². The molecule has 1 aromatic carbocycles. The first kappa shape index (κ1) is 23.2. The van der Waals surface area contributed by atoms with Gasteiger partial charge >= 0.3 is 0 Å². The van der Waals surface area contributed by atoms with Gasteiger partial charge in [-0.1, -0.05) is 25.4 Å². The lowest BCUT2D eigenvalue weighted by Crippen LogP contribution is -2.49. The van der Waals surface area contributed by atoms with Crippen molar-refractivity contribution in [2.24, 2.45) is 0 Å². The van der Waals surface area contributed by atoms with E-state index >= 15 is 0 Å². The highest BCUT2D eigenvalue weighted by atomic mass is 35.5. The van der Waals surface area contributed by atoms with E-state index in [9.17, 15) is 9.59 Å². The quantitative estimate of drug-likeness (QED) is 0.654. The minimum absolute atomic E-state index is 0.0364. The average molecular weight is 398 g/mol. The maximum absolute atomic E-state index is 12.8. The Bertz CT molecular complexity index is 629. The van der Waals surface area contributed by atoms with Crippen molar-refractivity contribution in [3.8, 4) is 5.75 Å². The topological polar surface area (TPSA) is 61.9 Å². The van der Waals surface area contributed by atoms with Crippen LogP contribution in [0.25, 0.3) is 0 Å². The van der Waals surface area contributed by atoms with Crippen LogP contribution >= 0.6 is 11.6 Å². The summed E-state index contributed by atoms with van der Waals surface area (Å²) in [7, 11) is 3.29. The van der Waals surface area contributed by atoms with Gasteiger partial charge in [0.05, 0.1) is 25.9 Å². The highest BCUT2D eigenvalue weighted by molar-refractivity contribution is 6.31. The maximum atomic E-state index is 12.8. The largest absolute Gasteiger partial charge is 0.495 e. The maximum Gasteiger partial charge on any atom is 0.238 e. The molecular weight excluding hydrogens is 366 g/mol. The molecular formula is C20H32ClN3O3. The van der Waals surface area contributed by atoms with Gasteiger partial charge in [-0.15, -0.1) is 0 Å². The highest BCUT2D eigenvalue weighted by Crippen LogP contribution is 2.27.